The van der Waals surface area contributed by atoms with E-state index >= 15 is 0 Å². The number of halogens is 1. The third-order valence-corrected chi connectivity index (χ3v) is 5.48. The van der Waals surface area contributed by atoms with Crippen LogP contribution in [0.15, 0.2) is 94.5 Å². The number of benzene rings is 3. The predicted octanol–water partition coefficient (Wildman–Crippen LogP) is 5.42. The largest absolute Gasteiger partial charge is 0.420 e. The van der Waals surface area contributed by atoms with E-state index in [0.29, 0.717) is 28.5 Å². The fourth-order valence-electron chi connectivity index (χ4n) is 3.10. The maximum Gasteiger partial charge on any atom is 0.247 e. The van der Waals surface area contributed by atoms with Crippen LogP contribution in [0.1, 0.15) is 5.89 Å². The lowest BCUT2D eigenvalue weighted by atomic mass is 10.2. The Morgan fingerprint density at radius 1 is 0.742 bits per heavy atom. The highest BCUT2D eigenvalue weighted by Gasteiger charge is 2.17. The van der Waals surface area contributed by atoms with Crippen molar-refractivity contribution >= 4 is 11.8 Å². The Labute approximate surface area is 181 Å². The van der Waals surface area contributed by atoms with Crippen molar-refractivity contribution in [2.75, 3.05) is 0 Å². The summed E-state index contributed by atoms with van der Waals surface area (Å²) in [7, 11) is 0. The maximum absolute atomic E-state index is 13.5. The second-order valence-corrected chi connectivity index (χ2v) is 7.58. The van der Waals surface area contributed by atoms with Gasteiger partial charge in [-0.25, -0.2) is 4.39 Å². The van der Waals surface area contributed by atoms with E-state index in [-0.39, 0.29) is 5.82 Å². The predicted molar refractivity (Wildman–Crippen MR) is 116 cm³/mol. The molecular formula is C23H16FN5OS. The summed E-state index contributed by atoms with van der Waals surface area (Å²) in [6.07, 6.45) is 0. The number of rotatable bonds is 6. The second-order valence-electron chi connectivity index (χ2n) is 6.64. The van der Waals surface area contributed by atoms with Gasteiger partial charge in [0.1, 0.15) is 5.82 Å². The lowest BCUT2D eigenvalue weighted by molar-refractivity contribution is 0.528. The Morgan fingerprint density at radius 2 is 1.42 bits per heavy atom. The summed E-state index contributed by atoms with van der Waals surface area (Å²) in [5, 5.41) is 17.7. The molecule has 3 aromatic carbocycles. The lowest BCUT2D eigenvalue weighted by Crippen LogP contribution is -2.00. The van der Waals surface area contributed by atoms with Crippen molar-refractivity contribution < 1.29 is 8.81 Å². The van der Waals surface area contributed by atoms with Gasteiger partial charge in [-0.3, -0.25) is 4.57 Å². The first kappa shape index (κ1) is 19.2. The molecule has 0 saturated heterocycles. The monoisotopic (exact) mass is 429 g/mol. The van der Waals surface area contributed by atoms with E-state index in [1.165, 1.54) is 23.9 Å². The molecule has 6 nitrogen and oxygen atoms in total. The topological polar surface area (TPSA) is 69.6 Å². The molecule has 0 aliphatic rings. The zero-order valence-corrected chi connectivity index (χ0v) is 17.0. The van der Waals surface area contributed by atoms with Crippen LogP contribution in [0, 0.1) is 5.82 Å². The second kappa shape index (κ2) is 8.53. The van der Waals surface area contributed by atoms with E-state index in [1.54, 1.807) is 12.1 Å². The van der Waals surface area contributed by atoms with Gasteiger partial charge in [0.2, 0.25) is 11.8 Å². The molecule has 0 N–H and O–H groups in total. The third-order valence-electron chi connectivity index (χ3n) is 4.56. The first-order chi connectivity index (χ1) is 15.3. The Bertz CT molecular complexity index is 1290. The van der Waals surface area contributed by atoms with Crippen molar-refractivity contribution in [3.63, 3.8) is 0 Å². The average molecular weight is 429 g/mol. The van der Waals surface area contributed by atoms with E-state index in [4.69, 9.17) is 4.42 Å². The third kappa shape index (κ3) is 4.10. The van der Waals surface area contributed by atoms with Gasteiger partial charge in [0.25, 0.3) is 0 Å². The number of aromatic nitrogens is 5. The molecule has 8 heteroatoms. The molecule has 152 valence electrons. The van der Waals surface area contributed by atoms with Crippen molar-refractivity contribution in [1.82, 2.24) is 25.0 Å². The number of hydrogen-bond donors (Lipinski definition) is 0. The van der Waals surface area contributed by atoms with Crippen molar-refractivity contribution in [1.29, 1.82) is 0 Å². The summed E-state index contributed by atoms with van der Waals surface area (Å²) in [6, 6.07) is 25.6. The molecule has 0 saturated carbocycles. The van der Waals surface area contributed by atoms with E-state index < -0.39 is 0 Å². The molecule has 2 heterocycles. The van der Waals surface area contributed by atoms with Crippen LogP contribution in [0.2, 0.25) is 0 Å². The highest BCUT2D eigenvalue weighted by Crippen LogP contribution is 2.30. The van der Waals surface area contributed by atoms with E-state index in [1.807, 2.05) is 65.2 Å². The minimum absolute atomic E-state index is 0.299. The van der Waals surface area contributed by atoms with Crippen LogP contribution in [0.5, 0.6) is 0 Å². The molecular weight excluding hydrogens is 413 g/mol. The highest BCUT2D eigenvalue weighted by molar-refractivity contribution is 7.98. The maximum atomic E-state index is 13.5. The van der Waals surface area contributed by atoms with E-state index in [0.717, 1.165) is 16.8 Å². The Kier molecular flexibility index (Phi) is 5.28. The fraction of sp³-hybridized carbons (Fsp3) is 0.0435. The van der Waals surface area contributed by atoms with Crippen molar-refractivity contribution in [3.8, 4) is 28.5 Å². The molecule has 0 aliphatic carbocycles. The normalized spacial score (nSPS) is 11.0. The minimum Gasteiger partial charge on any atom is -0.420 e. The SMILES string of the molecule is Fc1ccc(-n2c(SCc3nnc(-c4ccccc4)o3)nnc2-c2ccccc2)cc1. The van der Waals surface area contributed by atoms with Crippen molar-refractivity contribution in [2.24, 2.45) is 0 Å². The first-order valence-corrected chi connectivity index (χ1v) is 10.5. The van der Waals surface area contributed by atoms with Crippen LogP contribution in [0.4, 0.5) is 4.39 Å². The van der Waals surface area contributed by atoms with Crippen LogP contribution in [0.25, 0.3) is 28.5 Å². The van der Waals surface area contributed by atoms with Gasteiger partial charge in [-0.05, 0) is 36.4 Å². The Morgan fingerprint density at radius 3 is 2.13 bits per heavy atom. The molecule has 0 amide bonds. The zero-order chi connectivity index (χ0) is 21.0. The van der Waals surface area contributed by atoms with Gasteiger partial charge in [0.05, 0.1) is 5.75 Å². The lowest BCUT2D eigenvalue weighted by Gasteiger charge is -2.10. The van der Waals surface area contributed by atoms with E-state index in [9.17, 15) is 4.39 Å². The first-order valence-electron chi connectivity index (χ1n) is 9.55. The zero-order valence-electron chi connectivity index (χ0n) is 16.2. The van der Waals surface area contributed by atoms with Gasteiger partial charge in [-0.2, -0.15) is 0 Å². The van der Waals surface area contributed by atoms with Gasteiger partial charge < -0.3 is 4.42 Å². The quantitative estimate of drug-likeness (QED) is 0.336. The average Bonchev–Trinajstić information content (AvgIpc) is 3.47. The van der Waals surface area contributed by atoms with Crippen LogP contribution >= 0.6 is 11.8 Å². The molecule has 0 aliphatic heterocycles. The van der Waals surface area contributed by atoms with Gasteiger partial charge in [-0.15, -0.1) is 20.4 Å². The molecule has 31 heavy (non-hydrogen) atoms. The molecule has 0 radical (unpaired) electrons. The van der Waals surface area contributed by atoms with Gasteiger partial charge in [-0.1, -0.05) is 60.3 Å². The minimum atomic E-state index is -0.299. The van der Waals surface area contributed by atoms with E-state index in [2.05, 4.69) is 20.4 Å². The van der Waals surface area contributed by atoms with Crippen LogP contribution in [-0.2, 0) is 5.75 Å². The summed E-state index contributed by atoms with van der Waals surface area (Å²) in [5.74, 6) is 1.75. The molecule has 0 atom stereocenters. The van der Waals surface area contributed by atoms with Gasteiger partial charge >= 0.3 is 0 Å². The molecule has 5 aromatic rings. The van der Waals surface area contributed by atoms with Crippen LogP contribution < -0.4 is 0 Å². The molecule has 0 unspecified atom stereocenters. The number of hydrogen-bond acceptors (Lipinski definition) is 6. The van der Waals surface area contributed by atoms with Crippen molar-refractivity contribution in [2.45, 2.75) is 10.9 Å². The summed E-state index contributed by atoms with van der Waals surface area (Å²) < 4.78 is 21.2. The van der Waals surface area contributed by atoms with Crippen LogP contribution in [0.3, 0.4) is 0 Å². The molecule has 0 fully saturated rings. The molecule has 0 bridgehead atoms. The summed E-state index contributed by atoms with van der Waals surface area (Å²) in [6.45, 7) is 0. The van der Waals surface area contributed by atoms with Gasteiger partial charge in [0.15, 0.2) is 11.0 Å². The molecule has 5 rings (SSSR count). The number of nitrogens with zero attached hydrogens (tertiary/aromatic N) is 5. The Hall–Kier alpha value is -3.78. The summed E-state index contributed by atoms with van der Waals surface area (Å²) in [5.41, 5.74) is 2.55. The highest BCUT2D eigenvalue weighted by atomic mass is 32.2. The van der Waals surface area contributed by atoms with Gasteiger partial charge in [0, 0.05) is 16.8 Å². The summed E-state index contributed by atoms with van der Waals surface area (Å²) >= 11 is 1.42. The summed E-state index contributed by atoms with van der Waals surface area (Å²) in [4.78, 5) is 0. The Balaban J connectivity index is 1.45. The molecule has 2 aromatic heterocycles. The fourth-order valence-corrected chi connectivity index (χ4v) is 3.88. The number of thioether (sulfide) groups is 1. The standard InChI is InChI=1S/C23H16FN5OS/c24-18-11-13-19(14-12-18)29-21(16-7-3-1-4-8-16)26-28-23(29)31-15-20-25-27-22(30-20)17-9-5-2-6-10-17/h1-14H,15H2. The molecule has 0 spiro atoms. The van der Waals surface area contributed by atoms with Crippen LogP contribution in [-0.4, -0.2) is 25.0 Å². The smallest absolute Gasteiger partial charge is 0.247 e. The van der Waals surface area contributed by atoms with Crippen molar-refractivity contribution in [3.05, 3.63) is 96.6 Å².